The molecule has 1 aliphatic heterocycles. The zero-order valence-corrected chi connectivity index (χ0v) is 11.8. The molecular formula is C16H19N3O2. The molecule has 0 unspecified atom stereocenters. The van der Waals surface area contributed by atoms with E-state index in [4.69, 9.17) is 10.2 Å². The van der Waals surface area contributed by atoms with E-state index in [1.807, 2.05) is 24.3 Å². The molecule has 0 bridgehead atoms. The van der Waals surface area contributed by atoms with Gasteiger partial charge in [0.25, 0.3) is 0 Å². The summed E-state index contributed by atoms with van der Waals surface area (Å²) in [7, 11) is 0. The maximum Gasteiger partial charge on any atom is 0.234 e. The zero-order chi connectivity index (χ0) is 14.7. The van der Waals surface area contributed by atoms with Crippen molar-refractivity contribution in [3.05, 3.63) is 53.5 Å². The molecule has 110 valence electrons. The van der Waals surface area contributed by atoms with Crippen LogP contribution in [0.1, 0.15) is 16.9 Å². The highest BCUT2D eigenvalue weighted by Gasteiger charge is 2.19. The fraction of sp³-hybridized carbons (Fsp3) is 0.312. The molecule has 5 nitrogen and oxygen atoms in total. The van der Waals surface area contributed by atoms with E-state index < -0.39 is 0 Å². The van der Waals surface area contributed by atoms with Crippen LogP contribution in [0, 0.1) is 0 Å². The number of fused-ring (bicyclic) bond motifs is 1. The highest BCUT2D eigenvalue weighted by molar-refractivity contribution is 5.78. The van der Waals surface area contributed by atoms with E-state index in [0.29, 0.717) is 13.1 Å². The highest BCUT2D eigenvalue weighted by atomic mass is 16.3. The van der Waals surface area contributed by atoms with Crippen LogP contribution < -0.4 is 11.1 Å². The summed E-state index contributed by atoms with van der Waals surface area (Å²) >= 11 is 0. The maximum atomic E-state index is 12.0. The Hall–Kier alpha value is -2.27. The number of hydrogen-bond donors (Lipinski definition) is 2. The molecule has 2 heterocycles. The van der Waals surface area contributed by atoms with Crippen molar-refractivity contribution in [2.75, 3.05) is 18.8 Å². The van der Waals surface area contributed by atoms with E-state index in [0.717, 1.165) is 36.5 Å². The van der Waals surface area contributed by atoms with E-state index in [2.05, 4.69) is 16.3 Å². The average molecular weight is 285 g/mol. The molecule has 0 fully saturated rings. The first-order valence-corrected chi connectivity index (χ1v) is 7.10. The number of rotatable bonds is 4. The second kappa shape index (κ2) is 6.01. The SMILES string of the molecule is Nc1cccc2c1CN(CC(=O)NCc1ccco1)CC2. The van der Waals surface area contributed by atoms with Crippen LogP contribution in [0.3, 0.4) is 0 Å². The molecule has 5 heteroatoms. The summed E-state index contributed by atoms with van der Waals surface area (Å²) in [6, 6.07) is 9.67. The van der Waals surface area contributed by atoms with E-state index in [1.165, 1.54) is 5.56 Å². The number of nitrogens with zero attached hydrogens (tertiary/aromatic N) is 1. The Kier molecular flexibility index (Phi) is 3.92. The van der Waals surface area contributed by atoms with Crippen LogP contribution in [0.15, 0.2) is 41.0 Å². The van der Waals surface area contributed by atoms with Crippen molar-refractivity contribution in [1.29, 1.82) is 0 Å². The number of benzene rings is 1. The van der Waals surface area contributed by atoms with Crippen LogP contribution in [0.25, 0.3) is 0 Å². The molecule has 0 radical (unpaired) electrons. The lowest BCUT2D eigenvalue weighted by atomic mass is 9.98. The lowest BCUT2D eigenvalue weighted by Gasteiger charge is -2.29. The monoisotopic (exact) mass is 285 g/mol. The van der Waals surface area contributed by atoms with Crippen molar-refractivity contribution >= 4 is 11.6 Å². The second-order valence-electron chi connectivity index (χ2n) is 5.30. The molecule has 3 rings (SSSR count). The predicted molar refractivity (Wildman–Crippen MR) is 80.4 cm³/mol. The third-order valence-corrected chi connectivity index (χ3v) is 3.80. The van der Waals surface area contributed by atoms with Crippen LogP contribution in [-0.2, 0) is 24.3 Å². The lowest BCUT2D eigenvalue weighted by Crippen LogP contribution is -2.39. The molecule has 0 spiro atoms. The van der Waals surface area contributed by atoms with Gasteiger partial charge in [-0.15, -0.1) is 0 Å². The predicted octanol–water partition coefficient (Wildman–Crippen LogP) is 1.54. The van der Waals surface area contributed by atoms with Gasteiger partial charge in [-0.3, -0.25) is 9.69 Å². The third kappa shape index (κ3) is 3.25. The summed E-state index contributed by atoms with van der Waals surface area (Å²) in [5.41, 5.74) is 9.28. The number of carbonyl (C=O) groups excluding carboxylic acids is 1. The number of furan rings is 1. The molecule has 2 aromatic rings. The van der Waals surface area contributed by atoms with Gasteiger partial charge in [0.05, 0.1) is 19.4 Å². The Bertz CT molecular complexity index is 622. The summed E-state index contributed by atoms with van der Waals surface area (Å²) < 4.78 is 5.19. The van der Waals surface area contributed by atoms with Gasteiger partial charge in [0.15, 0.2) is 0 Å². The molecule has 0 aliphatic carbocycles. The maximum absolute atomic E-state index is 12.0. The molecule has 1 aliphatic rings. The molecule has 0 atom stereocenters. The van der Waals surface area contributed by atoms with Crippen LogP contribution in [-0.4, -0.2) is 23.9 Å². The average Bonchev–Trinajstić information content (AvgIpc) is 2.99. The second-order valence-corrected chi connectivity index (χ2v) is 5.30. The Balaban J connectivity index is 1.54. The lowest BCUT2D eigenvalue weighted by molar-refractivity contribution is -0.122. The van der Waals surface area contributed by atoms with Gasteiger partial charge in [-0.2, -0.15) is 0 Å². The summed E-state index contributed by atoms with van der Waals surface area (Å²) in [6.45, 7) is 2.42. The first-order chi connectivity index (χ1) is 10.2. The highest BCUT2D eigenvalue weighted by Crippen LogP contribution is 2.23. The number of nitrogen functional groups attached to an aromatic ring is 1. The molecule has 3 N–H and O–H groups in total. The Morgan fingerprint density at radius 2 is 2.24 bits per heavy atom. The number of nitrogens with one attached hydrogen (secondary N) is 1. The van der Waals surface area contributed by atoms with E-state index >= 15 is 0 Å². The summed E-state index contributed by atoms with van der Waals surface area (Å²) in [4.78, 5) is 14.1. The minimum absolute atomic E-state index is 0.00403. The molecule has 1 aromatic carbocycles. The minimum atomic E-state index is 0.00403. The largest absolute Gasteiger partial charge is 0.467 e. The number of hydrogen-bond acceptors (Lipinski definition) is 4. The number of carbonyl (C=O) groups is 1. The third-order valence-electron chi connectivity index (χ3n) is 3.80. The quantitative estimate of drug-likeness (QED) is 0.836. The van der Waals surface area contributed by atoms with Gasteiger partial charge in [-0.25, -0.2) is 0 Å². The normalized spacial score (nSPS) is 14.7. The summed E-state index contributed by atoms with van der Waals surface area (Å²) in [5.74, 6) is 0.765. The fourth-order valence-corrected chi connectivity index (χ4v) is 2.66. The van der Waals surface area contributed by atoms with Crippen LogP contribution in [0.4, 0.5) is 5.69 Å². The van der Waals surface area contributed by atoms with Crippen molar-refractivity contribution in [2.24, 2.45) is 0 Å². The van der Waals surface area contributed by atoms with Gasteiger partial charge in [-0.05, 0) is 35.7 Å². The zero-order valence-electron chi connectivity index (χ0n) is 11.8. The van der Waals surface area contributed by atoms with Gasteiger partial charge in [0.1, 0.15) is 5.76 Å². The fourth-order valence-electron chi connectivity index (χ4n) is 2.66. The van der Waals surface area contributed by atoms with Gasteiger partial charge in [0, 0.05) is 18.8 Å². The van der Waals surface area contributed by atoms with Crippen molar-refractivity contribution in [2.45, 2.75) is 19.5 Å². The van der Waals surface area contributed by atoms with Crippen molar-refractivity contribution in [3.8, 4) is 0 Å². The number of amides is 1. The van der Waals surface area contributed by atoms with Crippen molar-refractivity contribution in [1.82, 2.24) is 10.2 Å². The molecule has 1 amide bonds. The minimum Gasteiger partial charge on any atom is -0.467 e. The van der Waals surface area contributed by atoms with Gasteiger partial charge in [0.2, 0.25) is 5.91 Å². The molecule has 0 saturated carbocycles. The van der Waals surface area contributed by atoms with E-state index in [1.54, 1.807) is 6.26 Å². The first-order valence-electron chi connectivity index (χ1n) is 7.10. The van der Waals surface area contributed by atoms with E-state index in [9.17, 15) is 4.79 Å². The summed E-state index contributed by atoms with van der Waals surface area (Å²) in [5, 5.41) is 2.87. The summed E-state index contributed by atoms with van der Waals surface area (Å²) in [6.07, 6.45) is 2.54. The van der Waals surface area contributed by atoms with Crippen LogP contribution in [0.2, 0.25) is 0 Å². The Labute approximate surface area is 123 Å². The topological polar surface area (TPSA) is 71.5 Å². The smallest absolute Gasteiger partial charge is 0.234 e. The van der Waals surface area contributed by atoms with Gasteiger partial charge >= 0.3 is 0 Å². The van der Waals surface area contributed by atoms with E-state index in [-0.39, 0.29) is 5.91 Å². The standard InChI is InChI=1S/C16H19N3O2/c17-15-5-1-3-12-6-7-19(10-14(12)15)11-16(20)18-9-13-4-2-8-21-13/h1-5,8H,6-7,9-11,17H2,(H,18,20). The molecule has 1 aromatic heterocycles. The van der Waals surface area contributed by atoms with Crippen LogP contribution in [0.5, 0.6) is 0 Å². The number of nitrogens with two attached hydrogens (primary N) is 1. The number of anilines is 1. The Morgan fingerprint density at radius 3 is 3.05 bits per heavy atom. The molecular weight excluding hydrogens is 266 g/mol. The van der Waals surface area contributed by atoms with Gasteiger partial charge < -0.3 is 15.5 Å². The molecule has 0 saturated heterocycles. The van der Waals surface area contributed by atoms with Gasteiger partial charge in [-0.1, -0.05) is 12.1 Å². The Morgan fingerprint density at radius 1 is 1.33 bits per heavy atom. The molecule has 21 heavy (non-hydrogen) atoms. The van der Waals surface area contributed by atoms with Crippen molar-refractivity contribution in [3.63, 3.8) is 0 Å². The van der Waals surface area contributed by atoms with Crippen LogP contribution >= 0.6 is 0 Å². The first kappa shape index (κ1) is 13.7. The van der Waals surface area contributed by atoms with Crippen molar-refractivity contribution < 1.29 is 9.21 Å².